The quantitative estimate of drug-likeness (QED) is 0.0343. The van der Waals surface area contributed by atoms with Crippen LogP contribution in [0.5, 0.6) is 0 Å². The van der Waals surface area contributed by atoms with Crippen molar-refractivity contribution in [3.8, 4) is 0 Å². The molecular weight excluding hydrogens is 913 g/mol. The standard InChI is InChI=1S/C68H132O6/c1-7-64(6)56-50-44-38-32-26-20-15-17-22-28-34-40-46-52-58-67(70)73-61-65(74-68(71)59-53-47-41-35-29-23-16-14-19-25-31-37-43-49-55-63(4)5)60-72-66(69)57-51-45-39-33-27-21-13-11-9-8-10-12-18-24-30-36-42-48-54-62(2)3/h62-65H,7-61H2,1-6H3/t64?,65-/m1/s1. The zero-order chi connectivity index (χ0) is 54.1. The van der Waals surface area contributed by atoms with Crippen LogP contribution in [0, 0.1) is 17.8 Å². The van der Waals surface area contributed by atoms with Crippen molar-refractivity contribution in [3.63, 3.8) is 0 Å². The van der Waals surface area contributed by atoms with Gasteiger partial charge in [-0.3, -0.25) is 14.4 Å². The van der Waals surface area contributed by atoms with Gasteiger partial charge in [-0.1, -0.05) is 343 Å². The number of unbranched alkanes of at least 4 members (excludes halogenated alkanes) is 43. The van der Waals surface area contributed by atoms with Crippen molar-refractivity contribution < 1.29 is 28.6 Å². The van der Waals surface area contributed by atoms with Gasteiger partial charge >= 0.3 is 17.9 Å². The zero-order valence-corrected chi connectivity index (χ0v) is 51.1. The molecule has 0 fully saturated rings. The molecule has 6 nitrogen and oxygen atoms in total. The highest BCUT2D eigenvalue weighted by molar-refractivity contribution is 5.71. The van der Waals surface area contributed by atoms with E-state index >= 15 is 0 Å². The summed E-state index contributed by atoms with van der Waals surface area (Å²) in [5.74, 6) is 1.77. The summed E-state index contributed by atoms with van der Waals surface area (Å²) in [5, 5.41) is 0. The van der Waals surface area contributed by atoms with Gasteiger partial charge in [0.05, 0.1) is 0 Å². The summed E-state index contributed by atoms with van der Waals surface area (Å²) < 4.78 is 17.0. The van der Waals surface area contributed by atoms with Crippen molar-refractivity contribution in [2.75, 3.05) is 13.2 Å². The molecule has 0 radical (unpaired) electrons. The second kappa shape index (κ2) is 59.1. The summed E-state index contributed by atoms with van der Waals surface area (Å²) in [6, 6.07) is 0. The van der Waals surface area contributed by atoms with Gasteiger partial charge in [-0.2, -0.15) is 0 Å². The molecule has 1 unspecified atom stereocenters. The number of carbonyl (C=O) groups excluding carboxylic acids is 3. The first-order valence-corrected chi connectivity index (χ1v) is 33.6. The first-order chi connectivity index (χ1) is 36.1. The number of carbonyl (C=O) groups is 3. The van der Waals surface area contributed by atoms with Crippen LogP contribution in [0.15, 0.2) is 0 Å². The van der Waals surface area contributed by atoms with E-state index in [9.17, 15) is 14.4 Å². The van der Waals surface area contributed by atoms with E-state index in [1.54, 1.807) is 0 Å². The van der Waals surface area contributed by atoms with Crippen molar-refractivity contribution in [3.05, 3.63) is 0 Å². The molecular formula is C68H132O6. The van der Waals surface area contributed by atoms with Crippen molar-refractivity contribution in [1.29, 1.82) is 0 Å². The first kappa shape index (κ1) is 72.4. The Morgan fingerprint density at radius 3 is 0.703 bits per heavy atom. The predicted octanol–water partition coefficient (Wildman–Crippen LogP) is 22.6. The molecule has 74 heavy (non-hydrogen) atoms. The van der Waals surface area contributed by atoms with E-state index in [1.165, 1.54) is 263 Å². The molecule has 2 atom stereocenters. The molecule has 0 aliphatic heterocycles. The lowest BCUT2D eigenvalue weighted by Crippen LogP contribution is -2.30. The Kier molecular flexibility index (Phi) is 57.8. The van der Waals surface area contributed by atoms with Crippen LogP contribution in [0.2, 0.25) is 0 Å². The van der Waals surface area contributed by atoms with Crippen LogP contribution in [0.3, 0.4) is 0 Å². The molecule has 0 aromatic rings. The van der Waals surface area contributed by atoms with E-state index in [0.29, 0.717) is 19.3 Å². The molecule has 0 amide bonds. The predicted molar refractivity (Wildman–Crippen MR) is 321 cm³/mol. The summed E-state index contributed by atoms with van der Waals surface area (Å²) in [5.41, 5.74) is 0. The average molecular weight is 1050 g/mol. The number of hydrogen-bond acceptors (Lipinski definition) is 6. The van der Waals surface area contributed by atoms with Crippen LogP contribution >= 0.6 is 0 Å². The van der Waals surface area contributed by atoms with E-state index < -0.39 is 6.10 Å². The van der Waals surface area contributed by atoms with Gasteiger partial charge in [0.1, 0.15) is 13.2 Å². The SMILES string of the molecule is CCC(C)CCCCCCCCCCCCCCCCC(=O)OC[C@@H](COC(=O)CCCCCCCCCCCCCCCCCCCCC(C)C)OC(=O)CCCCCCCCCCCCCCCCC(C)C. The van der Waals surface area contributed by atoms with Crippen molar-refractivity contribution in [2.45, 2.75) is 388 Å². The number of ether oxygens (including phenoxy) is 3. The normalized spacial score (nSPS) is 12.5. The van der Waals surface area contributed by atoms with Crippen LogP contribution in [0.1, 0.15) is 382 Å². The van der Waals surface area contributed by atoms with Gasteiger partial charge in [0.25, 0.3) is 0 Å². The van der Waals surface area contributed by atoms with E-state index in [2.05, 4.69) is 41.5 Å². The fraction of sp³-hybridized carbons (Fsp3) is 0.956. The van der Waals surface area contributed by atoms with Crippen molar-refractivity contribution >= 4 is 17.9 Å². The molecule has 0 N–H and O–H groups in total. The van der Waals surface area contributed by atoms with Gasteiger partial charge < -0.3 is 14.2 Å². The third-order valence-corrected chi connectivity index (χ3v) is 16.0. The number of hydrogen-bond donors (Lipinski definition) is 0. The lowest BCUT2D eigenvalue weighted by atomic mass is 9.99. The molecule has 440 valence electrons. The molecule has 0 bridgehead atoms. The maximum absolute atomic E-state index is 12.9. The smallest absolute Gasteiger partial charge is 0.306 e. The molecule has 0 aliphatic rings. The summed E-state index contributed by atoms with van der Waals surface area (Å²) in [4.78, 5) is 38.4. The fourth-order valence-electron chi connectivity index (χ4n) is 10.6. The van der Waals surface area contributed by atoms with Gasteiger partial charge in [0.2, 0.25) is 0 Å². The van der Waals surface area contributed by atoms with Gasteiger partial charge in [0.15, 0.2) is 6.10 Å². The highest BCUT2D eigenvalue weighted by Gasteiger charge is 2.20. The van der Waals surface area contributed by atoms with Gasteiger partial charge in [-0.05, 0) is 37.0 Å². The van der Waals surface area contributed by atoms with Gasteiger partial charge in [0, 0.05) is 19.3 Å². The summed E-state index contributed by atoms with van der Waals surface area (Å²) in [6.07, 6.45) is 65.3. The molecule has 0 heterocycles. The third kappa shape index (κ3) is 59.7. The first-order valence-electron chi connectivity index (χ1n) is 33.6. The second-order valence-corrected chi connectivity index (χ2v) is 24.7. The van der Waals surface area contributed by atoms with E-state index in [-0.39, 0.29) is 31.1 Å². The van der Waals surface area contributed by atoms with Crippen molar-refractivity contribution in [2.24, 2.45) is 17.8 Å². The van der Waals surface area contributed by atoms with Crippen LogP contribution in [0.25, 0.3) is 0 Å². The molecule has 0 rings (SSSR count). The van der Waals surface area contributed by atoms with E-state index in [0.717, 1.165) is 75.5 Å². The topological polar surface area (TPSA) is 78.9 Å². The number of rotatable bonds is 61. The van der Waals surface area contributed by atoms with E-state index in [1.807, 2.05) is 0 Å². The molecule has 0 saturated heterocycles. The van der Waals surface area contributed by atoms with Crippen molar-refractivity contribution in [1.82, 2.24) is 0 Å². The highest BCUT2D eigenvalue weighted by atomic mass is 16.6. The average Bonchev–Trinajstić information content (AvgIpc) is 3.38. The van der Waals surface area contributed by atoms with E-state index in [4.69, 9.17) is 14.2 Å². The summed E-state index contributed by atoms with van der Waals surface area (Å²) in [7, 11) is 0. The Bertz CT molecular complexity index is 1150. The zero-order valence-electron chi connectivity index (χ0n) is 51.1. The van der Waals surface area contributed by atoms with Gasteiger partial charge in [-0.25, -0.2) is 0 Å². The van der Waals surface area contributed by atoms with Crippen LogP contribution in [-0.2, 0) is 28.6 Å². The largest absolute Gasteiger partial charge is 0.462 e. The summed E-state index contributed by atoms with van der Waals surface area (Å²) >= 11 is 0. The fourth-order valence-corrected chi connectivity index (χ4v) is 10.6. The molecule has 0 aromatic heterocycles. The lowest BCUT2D eigenvalue weighted by Gasteiger charge is -2.18. The number of esters is 3. The maximum Gasteiger partial charge on any atom is 0.306 e. The lowest BCUT2D eigenvalue weighted by molar-refractivity contribution is -0.167. The Morgan fingerprint density at radius 1 is 0.270 bits per heavy atom. The Hall–Kier alpha value is -1.59. The molecule has 0 aromatic carbocycles. The minimum atomic E-state index is -0.765. The molecule has 6 heteroatoms. The van der Waals surface area contributed by atoms with Crippen LogP contribution in [-0.4, -0.2) is 37.2 Å². The van der Waals surface area contributed by atoms with Gasteiger partial charge in [-0.15, -0.1) is 0 Å². The second-order valence-electron chi connectivity index (χ2n) is 24.7. The third-order valence-electron chi connectivity index (χ3n) is 16.0. The Balaban J connectivity index is 4.28. The maximum atomic E-state index is 12.9. The minimum absolute atomic E-state index is 0.0622. The Labute approximate surface area is 463 Å². The molecule has 0 spiro atoms. The molecule has 0 aliphatic carbocycles. The molecule has 0 saturated carbocycles. The minimum Gasteiger partial charge on any atom is -0.462 e. The van der Waals surface area contributed by atoms with Crippen LogP contribution < -0.4 is 0 Å². The van der Waals surface area contributed by atoms with Crippen LogP contribution in [0.4, 0.5) is 0 Å². The Morgan fingerprint density at radius 2 is 0.473 bits per heavy atom. The highest BCUT2D eigenvalue weighted by Crippen LogP contribution is 2.20. The monoisotopic (exact) mass is 1050 g/mol. The summed E-state index contributed by atoms with van der Waals surface area (Å²) in [6.45, 7) is 13.9.